The van der Waals surface area contributed by atoms with Gasteiger partial charge in [0, 0.05) is 28.2 Å². The molecular formula is C16H17BrN2S. The molecule has 0 unspecified atom stereocenters. The monoisotopic (exact) mass is 348 g/mol. The summed E-state index contributed by atoms with van der Waals surface area (Å²) < 4.78 is 1.12. The molecule has 1 N–H and O–H groups in total. The molecule has 3 rings (SSSR count). The molecule has 0 aliphatic heterocycles. The molecule has 1 aliphatic carbocycles. The second kappa shape index (κ2) is 6.29. The molecule has 0 radical (unpaired) electrons. The van der Waals surface area contributed by atoms with Crippen LogP contribution < -0.4 is 5.32 Å². The van der Waals surface area contributed by atoms with Crippen LogP contribution in [0.15, 0.2) is 50.9 Å². The van der Waals surface area contributed by atoms with Crippen molar-refractivity contribution in [2.24, 2.45) is 0 Å². The zero-order chi connectivity index (χ0) is 13.9. The Morgan fingerprint density at radius 2 is 2.15 bits per heavy atom. The van der Waals surface area contributed by atoms with Crippen molar-refractivity contribution in [3.05, 3.63) is 52.1 Å². The van der Waals surface area contributed by atoms with Gasteiger partial charge in [-0.1, -0.05) is 30.0 Å². The summed E-state index contributed by atoms with van der Waals surface area (Å²) in [5.41, 5.74) is 2.51. The first kappa shape index (κ1) is 14.1. The lowest BCUT2D eigenvalue weighted by atomic mass is 10.2. The first-order chi connectivity index (χ1) is 9.72. The molecule has 0 spiro atoms. The number of aryl methyl sites for hydroxylation is 1. The van der Waals surface area contributed by atoms with Crippen molar-refractivity contribution in [3.63, 3.8) is 0 Å². The van der Waals surface area contributed by atoms with Crippen LogP contribution in [0.4, 0.5) is 0 Å². The van der Waals surface area contributed by atoms with Crippen LogP contribution >= 0.6 is 27.7 Å². The number of halogens is 1. The Labute approximate surface area is 132 Å². The second-order valence-electron chi connectivity index (χ2n) is 5.15. The van der Waals surface area contributed by atoms with Crippen LogP contribution in [0.3, 0.4) is 0 Å². The smallest absolute Gasteiger partial charge is 0.104 e. The minimum Gasteiger partial charge on any atom is -0.310 e. The zero-order valence-corrected chi connectivity index (χ0v) is 13.8. The Bertz CT molecular complexity index is 611. The van der Waals surface area contributed by atoms with Crippen LogP contribution in [0.25, 0.3) is 0 Å². The highest BCUT2D eigenvalue weighted by Gasteiger charge is 2.20. The van der Waals surface area contributed by atoms with Crippen molar-refractivity contribution in [2.45, 2.75) is 42.3 Å². The normalized spacial score (nSPS) is 14.5. The lowest BCUT2D eigenvalue weighted by Crippen LogP contribution is -2.15. The highest BCUT2D eigenvalue weighted by Crippen LogP contribution is 2.33. The number of hydrogen-bond donors (Lipinski definition) is 1. The van der Waals surface area contributed by atoms with Gasteiger partial charge in [0.15, 0.2) is 0 Å². The highest BCUT2D eigenvalue weighted by molar-refractivity contribution is 9.10. The van der Waals surface area contributed by atoms with E-state index in [-0.39, 0.29) is 0 Å². The standard InChI is InChI=1S/C16H17BrN2S/c1-11-8-12(9-18-13-6-7-13)10-19-16(11)20-15-5-3-2-4-14(15)17/h2-5,8,10,13,18H,6-7,9H2,1H3. The van der Waals surface area contributed by atoms with Gasteiger partial charge in [-0.3, -0.25) is 0 Å². The minimum atomic E-state index is 0.740. The molecule has 0 saturated heterocycles. The maximum Gasteiger partial charge on any atom is 0.104 e. The third kappa shape index (κ3) is 3.62. The van der Waals surface area contributed by atoms with E-state index in [1.807, 2.05) is 12.3 Å². The van der Waals surface area contributed by atoms with Crippen LogP contribution in [0.1, 0.15) is 24.0 Å². The molecule has 104 valence electrons. The van der Waals surface area contributed by atoms with E-state index in [1.54, 1.807) is 11.8 Å². The lowest BCUT2D eigenvalue weighted by molar-refractivity contribution is 0.684. The van der Waals surface area contributed by atoms with E-state index in [0.29, 0.717) is 0 Å². The number of pyridine rings is 1. The van der Waals surface area contributed by atoms with Crippen molar-refractivity contribution in [2.75, 3.05) is 0 Å². The number of nitrogens with zero attached hydrogens (tertiary/aromatic N) is 1. The largest absolute Gasteiger partial charge is 0.310 e. The van der Waals surface area contributed by atoms with Crippen molar-refractivity contribution in [1.29, 1.82) is 0 Å². The molecule has 1 aromatic carbocycles. The van der Waals surface area contributed by atoms with E-state index in [2.05, 4.69) is 57.4 Å². The van der Waals surface area contributed by atoms with E-state index in [0.717, 1.165) is 22.1 Å². The Balaban J connectivity index is 1.71. The summed E-state index contributed by atoms with van der Waals surface area (Å²) >= 11 is 5.29. The summed E-state index contributed by atoms with van der Waals surface area (Å²) in [6.45, 7) is 3.06. The van der Waals surface area contributed by atoms with Gasteiger partial charge in [-0.25, -0.2) is 4.98 Å². The fraction of sp³-hybridized carbons (Fsp3) is 0.312. The molecule has 0 amide bonds. The van der Waals surface area contributed by atoms with Crippen LogP contribution in [-0.4, -0.2) is 11.0 Å². The van der Waals surface area contributed by atoms with Gasteiger partial charge in [0.05, 0.1) is 0 Å². The van der Waals surface area contributed by atoms with Crippen LogP contribution in [0.5, 0.6) is 0 Å². The molecule has 1 heterocycles. The topological polar surface area (TPSA) is 24.9 Å². The summed E-state index contributed by atoms with van der Waals surface area (Å²) in [6.07, 6.45) is 4.63. The number of aromatic nitrogens is 1. The Kier molecular flexibility index (Phi) is 4.44. The number of benzene rings is 1. The molecular weight excluding hydrogens is 332 g/mol. The molecule has 0 atom stereocenters. The molecule has 1 aliphatic rings. The average molecular weight is 349 g/mol. The molecule has 0 bridgehead atoms. The molecule has 4 heteroatoms. The quantitative estimate of drug-likeness (QED) is 0.857. The van der Waals surface area contributed by atoms with Gasteiger partial charge in [0.25, 0.3) is 0 Å². The van der Waals surface area contributed by atoms with E-state index in [1.165, 1.54) is 28.9 Å². The minimum absolute atomic E-state index is 0.740. The second-order valence-corrected chi connectivity index (χ2v) is 7.04. The Morgan fingerprint density at radius 1 is 1.35 bits per heavy atom. The molecule has 1 aromatic heterocycles. The third-order valence-electron chi connectivity index (χ3n) is 3.30. The number of nitrogens with one attached hydrogen (secondary N) is 1. The van der Waals surface area contributed by atoms with Crippen LogP contribution in [0, 0.1) is 6.92 Å². The van der Waals surface area contributed by atoms with Gasteiger partial charge in [-0.15, -0.1) is 0 Å². The van der Waals surface area contributed by atoms with E-state index >= 15 is 0 Å². The summed E-state index contributed by atoms with van der Waals surface area (Å²) in [4.78, 5) is 5.82. The Hall–Kier alpha value is -0.840. The first-order valence-electron chi connectivity index (χ1n) is 6.83. The summed E-state index contributed by atoms with van der Waals surface area (Å²) in [7, 11) is 0. The molecule has 2 aromatic rings. The van der Waals surface area contributed by atoms with Gasteiger partial charge in [-0.05, 0) is 59.0 Å². The molecule has 20 heavy (non-hydrogen) atoms. The van der Waals surface area contributed by atoms with Gasteiger partial charge >= 0.3 is 0 Å². The third-order valence-corrected chi connectivity index (χ3v) is 5.45. The van der Waals surface area contributed by atoms with Crippen LogP contribution in [-0.2, 0) is 6.54 Å². The number of hydrogen-bond acceptors (Lipinski definition) is 3. The van der Waals surface area contributed by atoms with Gasteiger partial charge in [-0.2, -0.15) is 0 Å². The fourth-order valence-corrected chi connectivity index (χ4v) is 3.38. The summed E-state index contributed by atoms with van der Waals surface area (Å²) in [5, 5.41) is 4.60. The highest BCUT2D eigenvalue weighted by atomic mass is 79.9. The molecule has 1 saturated carbocycles. The van der Waals surface area contributed by atoms with Crippen LogP contribution in [0.2, 0.25) is 0 Å². The summed E-state index contributed by atoms with van der Waals surface area (Å²) in [5.74, 6) is 0. The zero-order valence-electron chi connectivity index (χ0n) is 11.4. The number of rotatable bonds is 5. The van der Waals surface area contributed by atoms with Gasteiger partial charge in [0.1, 0.15) is 5.03 Å². The van der Waals surface area contributed by atoms with E-state index < -0.39 is 0 Å². The van der Waals surface area contributed by atoms with Crippen molar-refractivity contribution < 1.29 is 0 Å². The van der Waals surface area contributed by atoms with Crippen molar-refractivity contribution in [3.8, 4) is 0 Å². The Morgan fingerprint density at radius 3 is 2.85 bits per heavy atom. The SMILES string of the molecule is Cc1cc(CNC2CC2)cnc1Sc1ccccc1Br. The van der Waals surface area contributed by atoms with E-state index in [4.69, 9.17) is 0 Å². The maximum absolute atomic E-state index is 4.62. The first-order valence-corrected chi connectivity index (χ1v) is 8.44. The summed E-state index contributed by atoms with van der Waals surface area (Å²) in [6, 6.07) is 11.2. The predicted molar refractivity (Wildman–Crippen MR) is 87.1 cm³/mol. The van der Waals surface area contributed by atoms with Crippen molar-refractivity contribution >= 4 is 27.7 Å². The maximum atomic E-state index is 4.62. The van der Waals surface area contributed by atoms with Gasteiger partial charge in [0.2, 0.25) is 0 Å². The molecule has 1 fully saturated rings. The molecule has 2 nitrogen and oxygen atoms in total. The predicted octanol–water partition coefficient (Wildman–Crippen LogP) is 4.56. The average Bonchev–Trinajstić information content (AvgIpc) is 3.26. The van der Waals surface area contributed by atoms with Crippen molar-refractivity contribution in [1.82, 2.24) is 10.3 Å². The lowest BCUT2D eigenvalue weighted by Gasteiger charge is -2.09. The fourth-order valence-electron chi connectivity index (χ4n) is 2.01. The van der Waals surface area contributed by atoms with E-state index in [9.17, 15) is 0 Å². The van der Waals surface area contributed by atoms with Gasteiger partial charge < -0.3 is 5.32 Å².